The molecular weight excluding hydrogens is 258 g/mol. The zero-order valence-electron chi connectivity index (χ0n) is 11.9. The molecule has 0 radical (unpaired) electrons. The third-order valence-corrected chi connectivity index (χ3v) is 2.94. The second-order valence-corrected chi connectivity index (χ2v) is 4.53. The Morgan fingerprint density at radius 1 is 1.40 bits per heavy atom. The van der Waals surface area contributed by atoms with Crippen LogP contribution < -0.4 is 10.6 Å². The van der Waals surface area contributed by atoms with E-state index in [1.807, 2.05) is 19.9 Å². The Kier molecular flexibility index (Phi) is 6.66. The van der Waals surface area contributed by atoms with Crippen molar-refractivity contribution in [2.45, 2.75) is 32.7 Å². The minimum absolute atomic E-state index is 0.0532. The molecule has 110 valence electrons. The molecule has 20 heavy (non-hydrogen) atoms. The fourth-order valence-electron chi connectivity index (χ4n) is 2.01. The van der Waals surface area contributed by atoms with Crippen LogP contribution in [0.4, 0.5) is 5.69 Å². The van der Waals surface area contributed by atoms with Gasteiger partial charge in [0.2, 0.25) is 5.91 Å². The van der Waals surface area contributed by atoms with Crippen molar-refractivity contribution in [1.82, 2.24) is 10.6 Å². The summed E-state index contributed by atoms with van der Waals surface area (Å²) in [6, 6.07) is 6.49. The quantitative estimate of drug-likeness (QED) is 0.564. The molecule has 6 nitrogen and oxygen atoms in total. The number of nitro benzene ring substituents is 1. The van der Waals surface area contributed by atoms with E-state index in [9.17, 15) is 14.9 Å². The highest BCUT2D eigenvalue weighted by Crippen LogP contribution is 2.22. The van der Waals surface area contributed by atoms with Crippen LogP contribution in [0.2, 0.25) is 0 Å². The van der Waals surface area contributed by atoms with Crippen molar-refractivity contribution >= 4 is 11.6 Å². The van der Waals surface area contributed by atoms with Crippen LogP contribution in [0.3, 0.4) is 0 Å². The summed E-state index contributed by atoms with van der Waals surface area (Å²) in [6.07, 6.45) is 1.75. The lowest BCUT2D eigenvalue weighted by Crippen LogP contribution is -2.35. The first-order valence-corrected chi connectivity index (χ1v) is 6.82. The molecule has 0 bridgehead atoms. The number of benzene rings is 1. The number of nitrogens with zero attached hydrogens (tertiary/aromatic N) is 1. The number of amides is 1. The second kappa shape index (κ2) is 8.27. The topological polar surface area (TPSA) is 84.3 Å². The van der Waals surface area contributed by atoms with Gasteiger partial charge in [0.05, 0.1) is 11.5 Å². The molecule has 0 heterocycles. The third kappa shape index (κ3) is 4.97. The van der Waals surface area contributed by atoms with Crippen LogP contribution in [0, 0.1) is 10.1 Å². The van der Waals surface area contributed by atoms with Crippen LogP contribution in [0.15, 0.2) is 24.3 Å². The predicted octanol–water partition coefficient (Wildman–Crippen LogP) is 2.16. The lowest BCUT2D eigenvalue weighted by molar-refractivity contribution is -0.384. The van der Waals surface area contributed by atoms with E-state index in [-0.39, 0.29) is 24.2 Å². The average molecular weight is 279 g/mol. The number of hydrogen-bond acceptors (Lipinski definition) is 4. The molecule has 0 aliphatic rings. The molecule has 0 aliphatic heterocycles. The minimum Gasteiger partial charge on any atom is -0.355 e. The molecule has 0 saturated carbocycles. The molecule has 1 rings (SSSR count). The van der Waals surface area contributed by atoms with Gasteiger partial charge in [0.1, 0.15) is 0 Å². The van der Waals surface area contributed by atoms with Crippen molar-refractivity contribution < 1.29 is 9.72 Å². The number of carbonyl (C=O) groups excluding carboxylic acids is 1. The van der Waals surface area contributed by atoms with Gasteiger partial charge in [0.25, 0.3) is 5.69 Å². The number of likely N-dealkylation sites (N-methyl/N-ethyl adjacent to an activating group) is 1. The summed E-state index contributed by atoms with van der Waals surface area (Å²) in [7, 11) is 0. The molecule has 6 heteroatoms. The lowest BCUT2D eigenvalue weighted by Gasteiger charge is -2.18. The van der Waals surface area contributed by atoms with E-state index in [1.165, 1.54) is 6.07 Å². The summed E-state index contributed by atoms with van der Waals surface area (Å²) >= 11 is 0. The summed E-state index contributed by atoms with van der Waals surface area (Å²) in [5.74, 6) is -0.0703. The number of hydrogen-bond donors (Lipinski definition) is 2. The van der Waals surface area contributed by atoms with Gasteiger partial charge in [-0.15, -0.1) is 0 Å². The Labute approximate surface area is 118 Å². The third-order valence-electron chi connectivity index (χ3n) is 2.94. The first-order valence-electron chi connectivity index (χ1n) is 6.82. The zero-order chi connectivity index (χ0) is 15.0. The Hall–Kier alpha value is -1.95. The van der Waals surface area contributed by atoms with E-state index in [0.717, 1.165) is 18.4 Å². The van der Waals surface area contributed by atoms with Crippen LogP contribution >= 0.6 is 0 Å². The van der Waals surface area contributed by atoms with E-state index in [0.29, 0.717) is 6.54 Å². The van der Waals surface area contributed by atoms with Crippen molar-refractivity contribution in [2.24, 2.45) is 0 Å². The number of nitrogens with one attached hydrogen (secondary N) is 2. The fourth-order valence-corrected chi connectivity index (χ4v) is 2.01. The second-order valence-electron chi connectivity index (χ2n) is 4.53. The number of carbonyl (C=O) groups is 1. The Bertz CT molecular complexity index is 463. The van der Waals surface area contributed by atoms with Crippen LogP contribution in [0.25, 0.3) is 0 Å². The van der Waals surface area contributed by atoms with Gasteiger partial charge in [-0.1, -0.05) is 25.5 Å². The Morgan fingerprint density at radius 2 is 2.15 bits per heavy atom. The van der Waals surface area contributed by atoms with E-state index >= 15 is 0 Å². The maximum Gasteiger partial charge on any atom is 0.269 e. The molecule has 1 aromatic carbocycles. The Balaban J connectivity index is 2.76. The summed E-state index contributed by atoms with van der Waals surface area (Å²) in [4.78, 5) is 21.9. The maximum atomic E-state index is 11.5. The molecule has 0 aromatic heterocycles. The first kappa shape index (κ1) is 16.1. The normalized spacial score (nSPS) is 11.9. The molecule has 1 unspecified atom stereocenters. The predicted molar refractivity (Wildman–Crippen MR) is 77.4 cm³/mol. The van der Waals surface area contributed by atoms with Gasteiger partial charge in [-0.2, -0.15) is 0 Å². The monoisotopic (exact) mass is 279 g/mol. The van der Waals surface area contributed by atoms with Crippen LogP contribution in [0.1, 0.15) is 38.3 Å². The van der Waals surface area contributed by atoms with E-state index in [1.54, 1.807) is 12.1 Å². The standard InChI is InChI=1S/C14H21N3O3/c1-3-6-13(16-10-14(18)15-4-2)11-7-5-8-12(9-11)17(19)20/h5,7-9,13,16H,3-4,6,10H2,1-2H3,(H,15,18). The van der Waals surface area contributed by atoms with E-state index in [2.05, 4.69) is 10.6 Å². The smallest absolute Gasteiger partial charge is 0.269 e. The highest BCUT2D eigenvalue weighted by Gasteiger charge is 2.14. The highest BCUT2D eigenvalue weighted by atomic mass is 16.6. The summed E-state index contributed by atoms with van der Waals surface area (Å²) < 4.78 is 0. The van der Waals surface area contributed by atoms with Crippen molar-refractivity contribution in [3.05, 3.63) is 39.9 Å². The fraction of sp³-hybridized carbons (Fsp3) is 0.500. The Morgan fingerprint density at radius 3 is 2.75 bits per heavy atom. The van der Waals surface area contributed by atoms with Crippen LogP contribution in [-0.2, 0) is 4.79 Å². The zero-order valence-corrected chi connectivity index (χ0v) is 11.9. The van der Waals surface area contributed by atoms with Crippen molar-refractivity contribution in [2.75, 3.05) is 13.1 Å². The summed E-state index contributed by atoms with van der Waals surface area (Å²) in [6.45, 7) is 4.71. The van der Waals surface area contributed by atoms with Crippen LogP contribution in [-0.4, -0.2) is 23.9 Å². The van der Waals surface area contributed by atoms with Gasteiger partial charge >= 0.3 is 0 Å². The molecule has 1 aromatic rings. The molecule has 0 saturated heterocycles. The number of rotatable bonds is 8. The highest BCUT2D eigenvalue weighted by molar-refractivity contribution is 5.77. The number of non-ortho nitro benzene ring substituents is 1. The average Bonchev–Trinajstić information content (AvgIpc) is 2.44. The van der Waals surface area contributed by atoms with Crippen LogP contribution in [0.5, 0.6) is 0 Å². The molecule has 2 N–H and O–H groups in total. The summed E-state index contributed by atoms with van der Waals surface area (Å²) in [5.41, 5.74) is 0.911. The van der Waals surface area contributed by atoms with Gasteiger partial charge < -0.3 is 10.6 Å². The van der Waals surface area contributed by atoms with Gasteiger partial charge in [0.15, 0.2) is 0 Å². The first-order chi connectivity index (χ1) is 9.58. The molecular formula is C14H21N3O3. The summed E-state index contributed by atoms with van der Waals surface area (Å²) in [5, 5.41) is 16.7. The van der Waals surface area contributed by atoms with Gasteiger partial charge in [-0.25, -0.2) is 0 Å². The number of nitro groups is 1. The SMILES string of the molecule is CCCC(NCC(=O)NCC)c1cccc([N+](=O)[O-])c1. The minimum atomic E-state index is -0.406. The van der Waals surface area contributed by atoms with Crippen molar-refractivity contribution in [3.8, 4) is 0 Å². The molecule has 0 fully saturated rings. The molecule has 1 amide bonds. The molecule has 0 aliphatic carbocycles. The lowest BCUT2D eigenvalue weighted by atomic mass is 10.0. The van der Waals surface area contributed by atoms with Gasteiger partial charge in [0, 0.05) is 24.7 Å². The van der Waals surface area contributed by atoms with Crippen molar-refractivity contribution in [1.29, 1.82) is 0 Å². The largest absolute Gasteiger partial charge is 0.355 e. The maximum absolute atomic E-state index is 11.5. The molecule has 1 atom stereocenters. The van der Waals surface area contributed by atoms with Crippen molar-refractivity contribution in [3.63, 3.8) is 0 Å². The van der Waals surface area contributed by atoms with Gasteiger partial charge in [-0.05, 0) is 18.9 Å². The van der Waals surface area contributed by atoms with Gasteiger partial charge in [-0.3, -0.25) is 14.9 Å². The van der Waals surface area contributed by atoms with E-state index < -0.39 is 4.92 Å². The molecule has 0 spiro atoms. The van der Waals surface area contributed by atoms with E-state index in [4.69, 9.17) is 0 Å².